The molecule has 0 bridgehead atoms. The molecule has 2 N–H and O–H groups in total. The number of ether oxygens (including phenoxy) is 2. The van der Waals surface area contributed by atoms with Gasteiger partial charge in [-0.2, -0.15) is 0 Å². The van der Waals surface area contributed by atoms with Gasteiger partial charge in [-0.1, -0.05) is 0 Å². The molecule has 0 spiro atoms. The van der Waals surface area contributed by atoms with Crippen LogP contribution in [-0.2, 0) is 11.2 Å². The molecule has 0 aliphatic heterocycles. The number of thiazole rings is 1. The van der Waals surface area contributed by atoms with Gasteiger partial charge in [0.25, 0.3) is 5.91 Å². The fraction of sp³-hybridized carbons (Fsp3) is 0.312. The molecule has 128 valence electrons. The third kappa shape index (κ3) is 5.32. The lowest BCUT2D eigenvalue weighted by molar-refractivity contribution is 0.0690. The largest absolute Gasteiger partial charge is 0.491 e. The number of methoxy groups -OCH3 is 1. The number of carboxylic acids is 1. The third-order valence-corrected chi connectivity index (χ3v) is 3.98. The van der Waals surface area contributed by atoms with Crippen LogP contribution in [0.2, 0.25) is 0 Å². The van der Waals surface area contributed by atoms with E-state index in [0.29, 0.717) is 42.5 Å². The van der Waals surface area contributed by atoms with Crippen LogP contribution in [0, 0.1) is 0 Å². The molecule has 0 unspecified atom stereocenters. The van der Waals surface area contributed by atoms with E-state index in [0.717, 1.165) is 0 Å². The number of carbonyl (C=O) groups excluding carboxylic acids is 1. The lowest BCUT2D eigenvalue weighted by Crippen LogP contribution is -2.25. The molecule has 1 aromatic heterocycles. The second-order valence-electron chi connectivity index (χ2n) is 4.80. The van der Waals surface area contributed by atoms with E-state index >= 15 is 0 Å². The summed E-state index contributed by atoms with van der Waals surface area (Å²) in [6.45, 7) is 1.34. The van der Waals surface area contributed by atoms with Crippen molar-refractivity contribution >= 4 is 23.2 Å². The van der Waals surface area contributed by atoms with Crippen LogP contribution in [-0.4, -0.2) is 48.8 Å². The summed E-state index contributed by atoms with van der Waals surface area (Å²) in [4.78, 5) is 26.8. The minimum Gasteiger partial charge on any atom is -0.491 e. The molecule has 24 heavy (non-hydrogen) atoms. The molecule has 0 radical (unpaired) electrons. The van der Waals surface area contributed by atoms with Crippen molar-refractivity contribution in [1.82, 2.24) is 10.3 Å². The summed E-state index contributed by atoms with van der Waals surface area (Å²) >= 11 is 1.27. The van der Waals surface area contributed by atoms with Gasteiger partial charge in [-0.05, 0) is 24.3 Å². The molecular formula is C16H18N2O5S. The Balaban J connectivity index is 1.78. The summed E-state index contributed by atoms with van der Waals surface area (Å²) < 4.78 is 10.3. The number of nitrogens with zero attached hydrogens (tertiary/aromatic N) is 1. The highest BCUT2D eigenvalue weighted by Gasteiger charge is 2.09. The van der Waals surface area contributed by atoms with Crippen LogP contribution >= 0.6 is 11.3 Å². The average molecular weight is 350 g/mol. The lowest BCUT2D eigenvalue weighted by Gasteiger charge is -2.07. The Morgan fingerprint density at radius 1 is 1.25 bits per heavy atom. The molecule has 0 aliphatic rings. The van der Waals surface area contributed by atoms with Gasteiger partial charge in [0.1, 0.15) is 12.4 Å². The molecular weight excluding hydrogens is 332 g/mol. The molecule has 0 fully saturated rings. The predicted octanol–water partition coefficient (Wildman–Crippen LogP) is 1.84. The lowest BCUT2D eigenvalue weighted by atomic mass is 10.2. The van der Waals surface area contributed by atoms with Crippen LogP contribution in [0.25, 0.3) is 0 Å². The number of hydrogen-bond acceptors (Lipinski definition) is 6. The Morgan fingerprint density at radius 3 is 2.62 bits per heavy atom. The van der Waals surface area contributed by atoms with Crippen LogP contribution in [0.1, 0.15) is 25.9 Å². The van der Waals surface area contributed by atoms with Gasteiger partial charge in [0.15, 0.2) is 5.69 Å². The maximum Gasteiger partial charge on any atom is 0.355 e. The van der Waals surface area contributed by atoms with Crippen LogP contribution in [0.15, 0.2) is 29.6 Å². The van der Waals surface area contributed by atoms with Crippen molar-refractivity contribution in [2.75, 3.05) is 26.9 Å². The summed E-state index contributed by atoms with van der Waals surface area (Å²) in [5.41, 5.74) is 0.560. The average Bonchev–Trinajstić information content (AvgIpc) is 3.05. The highest BCUT2D eigenvalue weighted by atomic mass is 32.1. The molecule has 0 atom stereocenters. The molecule has 2 rings (SSSR count). The number of nitrogens with one attached hydrogen (secondary N) is 1. The topological polar surface area (TPSA) is 97.8 Å². The second kappa shape index (κ2) is 8.99. The van der Waals surface area contributed by atoms with Crippen LogP contribution in [0.5, 0.6) is 5.75 Å². The van der Waals surface area contributed by atoms with E-state index in [9.17, 15) is 9.59 Å². The molecule has 1 heterocycles. The van der Waals surface area contributed by atoms with Gasteiger partial charge < -0.3 is 19.9 Å². The highest BCUT2D eigenvalue weighted by molar-refractivity contribution is 7.09. The van der Waals surface area contributed by atoms with Gasteiger partial charge in [-0.3, -0.25) is 4.79 Å². The second-order valence-corrected chi connectivity index (χ2v) is 5.75. The smallest absolute Gasteiger partial charge is 0.355 e. The number of aromatic carboxylic acids is 1. The first-order valence-electron chi connectivity index (χ1n) is 7.28. The predicted molar refractivity (Wildman–Crippen MR) is 88.9 cm³/mol. The number of hydrogen-bond donors (Lipinski definition) is 2. The summed E-state index contributed by atoms with van der Waals surface area (Å²) in [7, 11) is 1.60. The van der Waals surface area contributed by atoms with Gasteiger partial charge in [0.05, 0.1) is 11.6 Å². The standard InChI is InChI=1S/C16H18N2O5S/c1-22-8-9-23-12-4-2-11(3-5-12)15(19)17-7-6-14-18-13(10-24-14)16(20)21/h2-5,10H,6-9H2,1H3,(H,17,19)(H,20,21). The fourth-order valence-electron chi connectivity index (χ4n) is 1.85. The van der Waals surface area contributed by atoms with E-state index in [4.69, 9.17) is 14.6 Å². The molecule has 0 saturated carbocycles. The zero-order valence-electron chi connectivity index (χ0n) is 13.2. The van der Waals surface area contributed by atoms with E-state index in [1.807, 2.05) is 0 Å². The molecule has 0 saturated heterocycles. The third-order valence-electron chi connectivity index (χ3n) is 3.07. The van der Waals surface area contributed by atoms with Crippen LogP contribution in [0.3, 0.4) is 0 Å². The van der Waals surface area contributed by atoms with Gasteiger partial charge in [0, 0.05) is 31.0 Å². The Morgan fingerprint density at radius 2 is 2.00 bits per heavy atom. The minimum absolute atomic E-state index is 0.0328. The number of carbonyl (C=O) groups is 2. The molecule has 2 aromatic rings. The Hall–Kier alpha value is -2.45. The first-order chi connectivity index (χ1) is 11.6. The Bertz CT molecular complexity index is 684. The normalized spacial score (nSPS) is 10.4. The number of benzene rings is 1. The highest BCUT2D eigenvalue weighted by Crippen LogP contribution is 2.13. The molecule has 8 heteroatoms. The maximum absolute atomic E-state index is 12.0. The van der Waals surface area contributed by atoms with Crippen molar-refractivity contribution in [3.05, 3.63) is 45.9 Å². The first-order valence-corrected chi connectivity index (χ1v) is 8.16. The number of rotatable bonds is 9. The molecule has 0 aliphatic carbocycles. The summed E-state index contributed by atoms with van der Waals surface area (Å²) in [5.74, 6) is -0.574. The number of carboxylic acid groups (broad SMARTS) is 1. The molecule has 1 aromatic carbocycles. The Labute approximate surface area is 143 Å². The van der Waals surface area contributed by atoms with Gasteiger partial charge in [-0.25, -0.2) is 9.78 Å². The fourth-order valence-corrected chi connectivity index (χ4v) is 2.63. The quantitative estimate of drug-likeness (QED) is 0.670. The van der Waals surface area contributed by atoms with Crippen molar-refractivity contribution < 1.29 is 24.2 Å². The summed E-state index contributed by atoms with van der Waals surface area (Å²) in [5, 5.41) is 13.7. The molecule has 1 amide bonds. The number of amides is 1. The maximum atomic E-state index is 12.0. The van der Waals surface area contributed by atoms with Gasteiger partial charge in [-0.15, -0.1) is 11.3 Å². The van der Waals surface area contributed by atoms with E-state index in [1.165, 1.54) is 16.7 Å². The van der Waals surface area contributed by atoms with E-state index in [-0.39, 0.29) is 11.6 Å². The van der Waals surface area contributed by atoms with E-state index in [2.05, 4.69) is 10.3 Å². The van der Waals surface area contributed by atoms with Crippen molar-refractivity contribution in [2.45, 2.75) is 6.42 Å². The number of aromatic nitrogens is 1. The van der Waals surface area contributed by atoms with Crippen molar-refractivity contribution in [3.63, 3.8) is 0 Å². The first kappa shape index (κ1) is 17.9. The van der Waals surface area contributed by atoms with Crippen LogP contribution in [0.4, 0.5) is 0 Å². The zero-order valence-corrected chi connectivity index (χ0v) is 14.0. The minimum atomic E-state index is -1.05. The van der Waals surface area contributed by atoms with Crippen molar-refractivity contribution in [3.8, 4) is 5.75 Å². The van der Waals surface area contributed by atoms with Crippen molar-refractivity contribution in [2.24, 2.45) is 0 Å². The monoisotopic (exact) mass is 350 g/mol. The van der Waals surface area contributed by atoms with E-state index in [1.54, 1.807) is 31.4 Å². The van der Waals surface area contributed by atoms with Crippen molar-refractivity contribution in [1.29, 1.82) is 0 Å². The van der Waals surface area contributed by atoms with Gasteiger partial charge in [0.2, 0.25) is 0 Å². The SMILES string of the molecule is COCCOc1ccc(C(=O)NCCc2nc(C(=O)O)cs2)cc1. The summed E-state index contributed by atoms with van der Waals surface area (Å²) in [6.07, 6.45) is 0.488. The Kier molecular flexibility index (Phi) is 6.71. The zero-order chi connectivity index (χ0) is 17.4. The van der Waals surface area contributed by atoms with E-state index < -0.39 is 5.97 Å². The van der Waals surface area contributed by atoms with Crippen LogP contribution < -0.4 is 10.1 Å². The van der Waals surface area contributed by atoms with Gasteiger partial charge >= 0.3 is 5.97 Å². The molecule has 7 nitrogen and oxygen atoms in total. The summed E-state index contributed by atoms with van der Waals surface area (Å²) in [6, 6.07) is 6.82.